The van der Waals surface area contributed by atoms with E-state index in [4.69, 9.17) is 17.3 Å². The SMILES string of the molecule is Cc1ccc(SCc2ccc(Cl)cc2[N+](=O)[O-])c(N)c1. The number of nitro benzene ring substituents is 1. The smallest absolute Gasteiger partial charge is 0.274 e. The minimum Gasteiger partial charge on any atom is -0.398 e. The second kappa shape index (κ2) is 6.15. The Kier molecular flexibility index (Phi) is 4.52. The lowest BCUT2D eigenvalue weighted by molar-refractivity contribution is -0.385. The van der Waals surface area contributed by atoms with Crippen LogP contribution in [-0.4, -0.2) is 4.92 Å². The van der Waals surface area contributed by atoms with Gasteiger partial charge in [0.15, 0.2) is 0 Å². The summed E-state index contributed by atoms with van der Waals surface area (Å²) in [7, 11) is 0. The van der Waals surface area contributed by atoms with Gasteiger partial charge in [0.1, 0.15) is 0 Å². The summed E-state index contributed by atoms with van der Waals surface area (Å²) < 4.78 is 0. The van der Waals surface area contributed by atoms with Crippen molar-refractivity contribution in [2.45, 2.75) is 17.6 Å². The highest BCUT2D eigenvalue weighted by Gasteiger charge is 2.14. The number of nitro groups is 1. The first kappa shape index (κ1) is 14.7. The molecule has 0 bridgehead atoms. The second-order valence-corrected chi connectivity index (χ2v) is 5.81. The van der Waals surface area contributed by atoms with Crippen LogP contribution in [0.25, 0.3) is 0 Å². The van der Waals surface area contributed by atoms with Crippen LogP contribution in [0.2, 0.25) is 5.02 Å². The summed E-state index contributed by atoms with van der Waals surface area (Å²) in [6.07, 6.45) is 0. The molecule has 104 valence electrons. The third kappa shape index (κ3) is 3.43. The predicted molar refractivity (Wildman–Crippen MR) is 83.3 cm³/mol. The summed E-state index contributed by atoms with van der Waals surface area (Å²) in [5.74, 6) is 0.473. The lowest BCUT2D eigenvalue weighted by Crippen LogP contribution is -1.95. The van der Waals surface area contributed by atoms with E-state index >= 15 is 0 Å². The maximum atomic E-state index is 11.0. The third-order valence-corrected chi connectivity index (χ3v) is 4.17. The van der Waals surface area contributed by atoms with E-state index in [0.717, 1.165) is 10.5 Å². The highest BCUT2D eigenvalue weighted by Crippen LogP contribution is 2.32. The van der Waals surface area contributed by atoms with E-state index in [1.165, 1.54) is 17.8 Å². The quantitative estimate of drug-likeness (QED) is 0.392. The van der Waals surface area contributed by atoms with Crippen LogP contribution in [0.3, 0.4) is 0 Å². The Bertz CT molecular complexity index is 662. The largest absolute Gasteiger partial charge is 0.398 e. The minimum atomic E-state index is -0.416. The third-order valence-electron chi connectivity index (χ3n) is 2.79. The van der Waals surface area contributed by atoms with Crippen molar-refractivity contribution in [1.82, 2.24) is 0 Å². The zero-order valence-corrected chi connectivity index (χ0v) is 12.4. The number of hydrogen-bond donors (Lipinski definition) is 1. The van der Waals surface area contributed by atoms with Gasteiger partial charge in [-0.15, -0.1) is 11.8 Å². The zero-order valence-electron chi connectivity index (χ0n) is 10.8. The fraction of sp³-hybridized carbons (Fsp3) is 0.143. The molecule has 4 nitrogen and oxygen atoms in total. The number of hydrogen-bond acceptors (Lipinski definition) is 4. The van der Waals surface area contributed by atoms with E-state index in [1.54, 1.807) is 12.1 Å². The van der Waals surface area contributed by atoms with Gasteiger partial charge in [0, 0.05) is 33.0 Å². The molecule has 6 heteroatoms. The molecule has 2 rings (SSSR count). The average Bonchev–Trinajstić information content (AvgIpc) is 2.38. The van der Waals surface area contributed by atoms with Gasteiger partial charge in [-0.1, -0.05) is 17.7 Å². The molecule has 0 heterocycles. The van der Waals surface area contributed by atoms with Gasteiger partial charge in [0.05, 0.1) is 4.92 Å². The molecule has 2 aromatic carbocycles. The summed E-state index contributed by atoms with van der Waals surface area (Å²) in [5, 5.41) is 11.4. The van der Waals surface area contributed by atoms with Gasteiger partial charge in [-0.05, 0) is 36.8 Å². The fourth-order valence-electron chi connectivity index (χ4n) is 1.78. The molecule has 0 amide bonds. The average molecular weight is 309 g/mol. The Labute approximate surface area is 126 Å². The molecule has 0 aromatic heterocycles. The van der Waals surface area contributed by atoms with Gasteiger partial charge in [-0.25, -0.2) is 0 Å². The highest BCUT2D eigenvalue weighted by atomic mass is 35.5. The van der Waals surface area contributed by atoms with Crippen molar-refractivity contribution in [3.63, 3.8) is 0 Å². The first-order valence-corrected chi connectivity index (χ1v) is 7.25. The minimum absolute atomic E-state index is 0.0377. The number of thioether (sulfide) groups is 1. The Morgan fingerprint density at radius 2 is 2.05 bits per heavy atom. The van der Waals surface area contributed by atoms with Crippen LogP contribution in [0.15, 0.2) is 41.3 Å². The van der Waals surface area contributed by atoms with Crippen LogP contribution in [-0.2, 0) is 5.75 Å². The van der Waals surface area contributed by atoms with E-state index in [2.05, 4.69) is 0 Å². The zero-order chi connectivity index (χ0) is 14.7. The summed E-state index contributed by atoms with van der Waals surface area (Å²) >= 11 is 7.26. The summed E-state index contributed by atoms with van der Waals surface area (Å²) in [4.78, 5) is 11.5. The van der Waals surface area contributed by atoms with Crippen LogP contribution in [0.5, 0.6) is 0 Å². The van der Waals surface area contributed by atoms with Crippen molar-refractivity contribution in [3.05, 3.63) is 62.7 Å². The summed E-state index contributed by atoms with van der Waals surface area (Å²) in [5.41, 5.74) is 8.37. The molecule has 0 saturated heterocycles. The number of nitrogen functional groups attached to an aromatic ring is 1. The van der Waals surface area contributed by atoms with Crippen molar-refractivity contribution in [2.24, 2.45) is 0 Å². The van der Waals surface area contributed by atoms with Crippen LogP contribution < -0.4 is 5.73 Å². The van der Waals surface area contributed by atoms with Crippen molar-refractivity contribution >= 4 is 34.7 Å². The molecule has 0 aliphatic rings. The van der Waals surface area contributed by atoms with Crippen molar-refractivity contribution in [1.29, 1.82) is 0 Å². The van der Waals surface area contributed by atoms with E-state index in [0.29, 0.717) is 22.0 Å². The van der Waals surface area contributed by atoms with Gasteiger partial charge in [-0.3, -0.25) is 10.1 Å². The number of nitrogens with zero attached hydrogens (tertiary/aromatic N) is 1. The van der Waals surface area contributed by atoms with E-state index in [1.807, 2.05) is 25.1 Å². The summed E-state index contributed by atoms with van der Waals surface area (Å²) in [6, 6.07) is 10.5. The van der Waals surface area contributed by atoms with Crippen LogP contribution in [0.1, 0.15) is 11.1 Å². The molecule has 0 aliphatic carbocycles. The molecule has 2 N–H and O–H groups in total. The van der Waals surface area contributed by atoms with Gasteiger partial charge in [0.25, 0.3) is 5.69 Å². The molecule has 0 radical (unpaired) electrons. The van der Waals surface area contributed by atoms with Crippen LogP contribution >= 0.6 is 23.4 Å². The molecular formula is C14H13ClN2O2S. The van der Waals surface area contributed by atoms with Crippen molar-refractivity contribution in [3.8, 4) is 0 Å². The van der Waals surface area contributed by atoms with Crippen LogP contribution in [0, 0.1) is 17.0 Å². The van der Waals surface area contributed by atoms with Gasteiger partial charge in [-0.2, -0.15) is 0 Å². The molecule has 0 fully saturated rings. The van der Waals surface area contributed by atoms with Crippen molar-refractivity contribution < 1.29 is 4.92 Å². The Morgan fingerprint density at radius 1 is 1.30 bits per heavy atom. The van der Waals surface area contributed by atoms with Crippen LogP contribution in [0.4, 0.5) is 11.4 Å². The molecule has 0 saturated carbocycles. The normalized spacial score (nSPS) is 10.5. The Hall–Kier alpha value is -1.72. The number of anilines is 1. The number of rotatable bonds is 4. The van der Waals surface area contributed by atoms with E-state index in [9.17, 15) is 10.1 Å². The monoisotopic (exact) mass is 308 g/mol. The molecule has 0 unspecified atom stereocenters. The van der Waals surface area contributed by atoms with Gasteiger partial charge in [0.2, 0.25) is 0 Å². The maximum Gasteiger partial charge on any atom is 0.274 e. The summed E-state index contributed by atoms with van der Waals surface area (Å²) in [6.45, 7) is 1.97. The number of nitrogens with two attached hydrogens (primary N) is 1. The topological polar surface area (TPSA) is 69.2 Å². The van der Waals surface area contributed by atoms with E-state index < -0.39 is 4.92 Å². The Balaban J connectivity index is 2.20. The van der Waals surface area contributed by atoms with Gasteiger partial charge < -0.3 is 5.73 Å². The highest BCUT2D eigenvalue weighted by molar-refractivity contribution is 7.98. The van der Waals surface area contributed by atoms with E-state index in [-0.39, 0.29) is 5.69 Å². The predicted octanol–water partition coefficient (Wildman–Crippen LogP) is 4.43. The van der Waals surface area contributed by atoms with Crippen molar-refractivity contribution in [2.75, 3.05) is 5.73 Å². The lowest BCUT2D eigenvalue weighted by Gasteiger charge is -2.07. The molecule has 2 aromatic rings. The molecular weight excluding hydrogens is 296 g/mol. The Morgan fingerprint density at radius 3 is 2.70 bits per heavy atom. The molecule has 0 spiro atoms. The second-order valence-electron chi connectivity index (χ2n) is 4.36. The standard InChI is InChI=1S/C14H13ClN2O2S/c1-9-2-5-14(12(16)6-9)20-8-10-3-4-11(15)7-13(10)17(18)19/h2-7H,8,16H2,1H3. The maximum absolute atomic E-state index is 11.0. The lowest BCUT2D eigenvalue weighted by atomic mass is 10.2. The fourth-order valence-corrected chi connectivity index (χ4v) is 2.90. The first-order valence-electron chi connectivity index (χ1n) is 5.89. The number of benzene rings is 2. The first-order chi connectivity index (χ1) is 9.47. The number of halogens is 1. The molecule has 0 aliphatic heterocycles. The molecule has 0 atom stereocenters. The molecule has 20 heavy (non-hydrogen) atoms. The number of aryl methyl sites for hydroxylation is 1. The van der Waals surface area contributed by atoms with Gasteiger partial charge >= 0.3 is 0 Å².